The summed E-state index contributed by atoms with van der Waals surface area (Å²) in [5.41, 5.74) is -1.28. The predicted molar refractivity (Wildman–Crippen MR) is 107 cm³/mol. The van der Waals surface area contributed by atoms with Gasteiger partial charge >= 0.3 is 6.18 Å². The molecule has 1 atom stereocenters. The van der Waals surface area contributed by atoms with E-state index in [1.54, 1.807) is 12.1 Å². The highest BCUT2D eigenvalue weighted by atomic mass is 19.4. The monoisotopic (exact) mass is 454 g/mol. The van der Waals surface area contributed by atoms with Crippen LogP contribution in [0.1, 0.15) is 42.1 Å². The van der Waals surface area contributed by atoms with Crippen LogP contribution in [0, 0.1) is 12.7 Å². The Balaban J connectivity index is 1.89. The van der Waals surface area contributed by atoms with Gasteiger partial charge in [0.2, 0.25) is 0 Å². The van der Waals surface area contributed by atoms with Crippen LogP contribution >= 0.6 is 0 Å². The van der Waals surface area contributed by atoms with Crippen molar-refractivity contribution in [2.75, 3.05) is 0 Å². The second kappa shape index (κ2) is 8.73. The van der Waals surface area contributed by atoms with Crippen LogP contribution < -0.4 is 10.1 Å². The van der Waals surface area contributed by atoms with Crippen molar-refractivity contribution in [2.45, 2.75) is 51.6 Å². The van der Waals surface area contributed by atoms with Crippen molar-refractivity contribution in [3.8, 4) is 5.75 Å². The molecule has 3 heterocycles. The summed E-state index contributed by atoms with van der Waals surface area (Å²) in [5, 5.41) is 12.4. The van der Waals surface area contributed by atoms with E-state index < -0.39 is 36.0 Å². The summed E-state index contributed by atoms with van der Waals surface area (Å²) in [6.45, 7) is 3.71. The highest BCUT2D eigenvalue weighted by Crippen LogP contribution is 2.28. The largest absolute Gasteiger partial charge is 0.483 e. The minimum Gasteiger partial charge on any atom is -0.483 e. The number of aromatic nitrogens is 3. The molecule has 32 heavy (non-hydrogen) atoms. The van der Waals surface area contributed by atoms with Gasteiger partial charge in [0.15, 0.2) is 11.4 Å². The molecule has 0 aliphatic rings. The number of hydrogen-bond donors (Lipinski definition) is 2. The smallest absolute Gasteiger partial charge is 0.391 e. The van der Waals surface area contributed by atoms with Gasteiger partial charge in [-0.15, -0.1) is 0 Å². The first kappa shape index (κ1) is 23.5. The molecule has 0 aliphatic heterocycles. The van der Waals surface area contributed by atoms with Crippen LogP contribution in [0.3, 0.4) is 0 Å². The third kappa shape index (κ3) is 5.34. The summed E-state index contributed by atoms with van der Waals surface area (Å²) in [4.78, 5) is 21.1. The summed E-state index contributed by atoms with van der Waals surface area (Å²) in [6, 6.07) is 4.23. The quantitative estimate of drug-likeness (QED) is 0.533. The van der Waals surface area contributed by atoms with Crippen molar-refractivity contribution < 1.29 is 32.2 Å². The summed E-state index contributed by atoms with van der Waals surface area (Å²) >= 11 is 0. The number of nitrogens with zero attached hydrogens (tertiary/aromatic N) is 3. The predicted octanol–water partition coefficient (Wildman–Crippen LogP) is 3.58. The molecular weight excluding hydrogens is 432 g/mol. The number of nitrogens with one attached hydrogen (secondary N) is 1. The molecule has 0 fully saturated rings. The molecule has 0 saturated heterocycles. The Morgan fingerprint density at radius 3 is 2.62 bits per heavy atom. The molecule has 3 rings (SSSR count). The van der Waals surface area contributed by atoms with Gasteiger partial charge in [-0.3, -0.25) is 14.2 Å². The molecule has 0 aliphatic carbocycles. The minimum absolute atomic E-state index is 0.00843. The number of hydrogen-bond acceptors (Lipinski definition) is 5. The highest BCUT2D eigenvalue weighted by Gasteiger charge is 2.40. The summed E-state index contributed by atoms with van der Waals surface area (Å²) in [7, 11) is 0. The van der Waals surface area contributed by atoms with Gasteiger partial charge in [0.25, 0.3) is 5.91 Å². The lowest BCUT2D eigenvalue weighted by Crippen LogP contribution is -2.51. The average Bonchev–Trinajstić information content (AvgIpc) is 3.01. The number of aliphatic hydroxyl groups is 1. The second-order valence-electron chi connectivity index (χ2n) is 7.83. The molecule has 0 aromatic carbocycles. The first-order chi connectivity index (χ1) is 14.9. The van der Waals surface area contributed by atoms with Gasteiger partial charge in [-0.2, -0.15) is 13.2 Å². The van der Waals surface area contributed by atoms with Crippen LogP contribution in [-0.2, 0) is 6.61 Å². The van der Waals surface area contributed by atoms with E-state index in [1.165, 1.54) is 49.7 Å². The van der Waals surface area contributed by atoms with Crippen LogP contribution in [0.5, 0.6) is 5.75 Å². The Bertz CT molecular complexity index is 1120. The molecule has 0 bridgehead atoms. The number of alkyl halides is 3. The number of halogens is 4. The van der Waals surface area contributed by atoms with Gasteiger partial charge < -0.3 is 15.2 Å². The van der Waals surface area contributed by atoms with Gasteiger partial charge in [-0.1, -0.05) is 0 Å². The minimum atomic E-state index is -4.59. The van der Waals surface area contributed by atoms with Crippen molar-refractivity contribution in [1.29, 1.82) is 0 Å². The van der Waals surface area contributed by atoms with E-state index in [0.29, 0.717) is 0 Å². The van der Waals surface area contributed by atoms with Crippen molar-refractivity contribution in [2.24, 2.45) is 0 Å². The molecule has 0 radical (unpaired) electrons. The van der Waals surface area contributed by atoms with E-state index in [4.69, 9.17) is 4.74 Å². The van der Waals surface area contributed by atoms with Gasteiger partial charge in [-0.25, -0.2) is 9.37 Å². The lowest BCUT2D eigenvalue weighted by molar-refractivity contribution is -0.151. The van der Waals surface area contributed by atoms with Crippen LogP contribution in [0.4, 0.5) is 17.6 Å². The van der Waals surface area contributed by atoms with Crippen LogP contribution in [0.25, 0.3) is 5.65 Å². The molecule has 7 nitrogen and oxygen atoms in total. The molecule has 1 unspecified atom stereocenters. The maximum Gasteiger partial charge on any atom is 0.391 e. The number of amides is 1. The van der Waals surface area contributed by atoms with E-state index in [0.717, 1.165) is 0 Å². The summed E-state index contributed by atoms with van der Waals surface area (Å²) < 4.78 is 59.6. The van der Waals surface area contributed by atoms with Gasteiger partial charge in [-0.05, 0) is 45.0 Å². The first-order valence-electron chi connectivity index (χ1n) is 9.66. The molecule has 11 heteroatoms. The lowest BCUT2D eigenvalue weighted by Gasteiger charge is -2.30. The van der Waals surface area contributed by atoms with Crippen molar-refractivity contribution >= 4 is 11.6 Å². The van der Waals surface area contributed by atoms with Crippen molar-refractivity contribution in [3.05, 3.63) is 59.6 Å². The molecule has 3 aromatic rings. The average molecular weight is 454 g/mol. The van der Waals surface area contributed by atoms with E-state index in [9.17, 15) is 27.5 Å². The molecule has 0 spiro atoms. The number of rotatable bonds is 7. The molecule has 0 saturated carbocycles. The van der Waals surface area contributed by atoms with Crippen LogP contribution in [-0.4, -0.2) is 43.2 Å². The first-order valence-corrected chi connectivity index (χ1v) is 9.66. The van der Waals surface area contributed by atoms with E-state index >= 15 is 0 Å². The number of carbonyl (C=O) groups excluding carboxylic acids is 1. The molecule has 3 aromatic heterocycles. The Labute approximate surface area is 181 Å². The normalized spacial score (nSPS) is 13.2. The fourth-order valence-electron chi connectivity index (χ4n) is 3.15. The second-order valence-corrected chi connectivity index (χ2v) is 7.83. The molecule has 2 N–H and O–H groups in total. The Morgan fingerprint density at radius 2 is 2.00 bits per heavy atom. The molecule has 1 amide bonds. The fraction of sp³-hybridized carbons (Fsp3) is 0.381. The Morgan fingerprint density at radius 1 is 1.28 bits per heavy atom. The Kier molecular flexibility index (Phi) is 6.40. The lowest BCUT2D eigenvalue weighted by atomic mass is 9.95. The fourth-order valence-corrected chi connectivity index (χ4v) is 3.15. The van der Waals surface area contributed by atoms with Crippen LogP contribution in [0.2, 0.25) is 0 Å². The number of fused-ring (bicyclic) bond motifs is 1. The molecule has 172 valence electrons. The van der Waals surface area contributed by atoms with E-state index in [-0.39, 0.29) is 35.1 Å². The topological polar surface area (TPSA) is 88.8 Å². The number of carbonyl (C=O) groups is 1. The number of ether oxygens (including phenoxy) is 1. The SMILES string of the molecule is Cc1nc2c(OCc3ncccc3F)cccn2c1C(=O)NC(CC(F)(F)F)C(C)(C)O. The number of aryl methyl sites for hydroxylation is 1. The third-order valence-corrected chi connectivity index (χ3v) is 4.80. The van der Waals surface area contributed by atoms with E-state index in [2.05, 4.69) is 15.3 Å². The van der Waals surface area contributed by atoms with Crippen LogP contribution in [0.15, 0.2) is 36.7 Å². The third-order valence-electron chi connectivity index (χ3n) is 4.80. The zero-order chi connectivity index (χ0) is 23.7. The maximum absolute atomic E-state index is 13.8. The summed E-state index contributed by atoms with van der Waals surface area (Å²) in [6.07, 6.45) is -3.07. The highest BCUT2D eigenvalue weighted by molar-refractivity contribution is 5.95. The number of pyridine rings is 2. The van der Waals surface area contributed by atoms with E-state index in [1.807, 2.05) is 0 Å². The zero-order valence-electron chi connectivity index (χ0n) is 17.6. The summed E-state index contributed by atoms with van der Waals surface area (Å²) in [5.74, 6) is -1.14. The zero-order valence-corrected chi connectivity index (χ0v) is 17.6. The van der Waals surface area contributed by atoms with Gasteiger partial charge in [0, 0.05) is 12.4 Å². The van der Waals surface area contributed by atoms with Gasteiger partial charge in [0.1, 0.15) is 23.8 Å². The molecular formula is C21H22F4N4O3. The van der Waals surface area contributed by atoms with Crippen molar-refractivity contribution in [3.63, 3.8) is 0 Å². The van der Waals surface area contributed by atoms with Gasteiger partial charge in [0.05, 0.1) is 23.8 Å². The standard InChI is InChI=1S/C21H22F4N4O3/c1-12-17(19(30)28-16(20(2,3)31)10-21(23,24)25)29-9-5-7-15(18(29)27-12)32-11-14-13(22)6-4-8-26-14/h4-9,16,31H,10-11H2,1-3H3,(H,28,30). The number of imidazole rings is 1. The maximum atomic E-state index is 13.8. The van der Waals surface area contributed by atoms with Crippen molar-refractivity contribution in [1.82, 2.24) is 19.7 Å². The Hall–Kier alpha value is -3.21.